The molecule has 0 fully saturated rings. The molecule has 2 aromatic carbocycles. The first-order valence-corrected chi connectivity index (χ1v) is 8.80. The third kappa shape index (κ3) is 4.57. The van der Waals surface area contributed by atoms with Crippen molar-refractivity contribution in [3.8, 4) is 11.4 Å². The molecule has 26 heavy (non-hydrogen) atoms. The summed E-state index contributed by atoms with van der Waals surface area (Å²) < 4.78 is 5.26. The van der Waals surface area contributed by atoms with Crippen LogP contribution in [0.25, 0.3) is 11.4 Å². The van der Waals surface area contributed by atoms with E-state index in [0.717, 1.165) is 16.8 Å². The highest BCUT2D eigenvalue weighted by Gasteiger charge is 2.11. The molecule has 1 amide bonds. The molecule has 0 unspecified atom stereocenters. The van der Waals surface area contributed by atoms with Gasteiger partial charge in [0.2, 0.25) is 17.6 Å². The van der Waals surface area contributed by atoms with Crippen LogP contribution >= 0.6 is 0 Å². The lowest BCUT2D eigenvalue weighted by Crippen LogP contribution is -2.12. The molecule has 1 aromatic heterocycles. The van der Waals surface area contributed by atoms with Gasteiger partial charge in [-0.25, -0.2) is 0 Å². The molecule has 3 aromatic rings. The minimum Gasteiger partial charge on any atom is -0.339 e. The van der Waals surface area contributed by atoms with Gasteiger partial charge < -0.3 is 9.84 Å². The molecule has 0 aliphatic rings. The summed E-state index contributed by atoms with van der Waals surface area (Å²) in [5.74, 6) is 1.41. The van der Waals surface area contributed by atoms with Gasteiger partial charge in [0.1, 0.15) is 0 Å². The zero-order chi connectivity index (χ0) is 18.5. The smallest absolute Gasteiger partial charge is 0.227 e. The van der Waals surface area contributed by atoms with Gasteiger partial charge >= 0.3 is 0 Å². The Labute approximate surface area is 153 Å². The number of nitrogens with one attached hydrogen (secondary N) is 1. The van der Waals surface area contributed by atoms with Crippen LogP contribution in [0.2, 0.25) is 0 Å². The largest absolute Gasteiger partial charge is 0.339 e. The van der Waals surface area contributed by atoms with Gasteiger partial charge in [-0.1, -0.05) is 54.9 Å². The van der Waals surface area contributed by atoms with Crippen LogP contribution < -0.4 is 5.32 Å². The molecule has 3 rings (SSSR count). The van der Waals surface area contributed by atoms with Crippen molar-refractivity contribution in [3.63, 3.8) is 0 Å². The van der Waals surface area contributed by atoms with Crippen molar-refractivity contribution >= 4 is 11.6 Å². The minimum atomic E-state index is -0.0717. The maximum atomic E-state index is 12.1. The van der Waals surface area contributed by atoms with Crippen molar-refractivity contribution in [2.24, 2.45) is 0 Å². The molecule has 0 aliphatic carbocycles. The van der Waals surface area contributed by atoms with Gasteiger partial charge in [-0.2, -0.15) is 4.98 Å². The molecule has 1 N–H and O–H groups in total. The van der Waals surface area contributed by atoms with E-state index < -0.39 is 0 Å². The number of hydrogen-bond acceptors (Lipinski definition) is 4. The summed E-state index contributed by atoms with van der Waals surface area (Å²) in [5.41, 5.74) is 4.09. The van der Waals surface area contributed by atoms with Gasteiger partial charge in [-0.05, 0) is 36.6 Å². The van der Waals surface area contributed by atoms with Crippen LogP contribution in [0.15, 0.2) is 53.1 Å². The fourth-order valence-electron chi connectivity index (χ4n) is 2.65. The molecular formula is C21H23N3O2. The molecule has 0 atom stereocenters. The van der Waals surface area contributed by atoms with Crippen LogP contribution in [-0.4, -0.2) is 16.0 Å². The average molecular weight is 349 g/mol. The van der Waals surface area contributed by atoms with Crippen molar-refractivity contribution in [3.05, 3.63) is 65.5 Å². The number of nitrogens with zero attached hydrogens (tertiary/aromatic N) is 2. The maximum absolute atomic E-state index is 12.1. The fraction of sp³-hybridized carbons (Fsp3) is 0.286. The Morgan fingerprint density at radius 1 is 1.15 bits per heavy atom. The highest BCUT2D eigenvalue weighted by molar-refractivity contribution is 5.90. The Balaban J connectivity index is 1.55. The lowest BCUT2D eigenvalue weighted by Gasteiger charge is -2.08. The van der Waals surface area contributed by atoms with Crippen molar-refractivity contribution in [1.29, 1.82) is 0 Å². The average Bonchev–Trinajstić information content (AvgIpc) is 3.09. The van der Waals surface area contributed by atoms with E-state index in [1.807, 2.05) is 55.5 Å². The summed E-state index contributed by atoms with van der Waals surface area (Å²) in [6, 6.07) is 15.8. The van der Waals surface area contributed by atoms with Crippen molar-refractivity contribution in [2.45, 2.75) is 39.5 Å². The summed E-state index contributed by atoms with van der Waals surface area (Å²) in [7, 11) is 0. The Hall–Kier alpha value is -2.95. The molecule has 5 nitrogen and oxygen atoms in total. The van der Waals surface area contributed by atoms with Crippen LogP contribution in [0, 0.1) is 6.92 Å². The van der Waals surface area contributed by atoms with E-state index in [9.17, 15) is 4.79 Å². The number of hydrogen-bond donors (Lipinski definition) is 1. The van der Waals surface area contributed by atoms with E-state index >= 15 is 0 Å². The molecular weight excluding hydrogens is 326 g/mol. The second kappa shape index (κ2) is 7.95. The third-order valence-corrected chi connectivity index (χ3v) is 4.17. The predicted molar refractivity (Wildman–Crippen MR) is 102 cm³/mol. The number of carbonyl (C=O) groups is 1. The topological polar surface area (TPSA) is 68.0 Å². The SMILES string of the molecule is Cc1cccc(-c2noc(CCC(=O)Nc3ccc(C(C)C)cc3)n2)c1. The summed E-state index contributed by atoms with van der Waals surface area (Å²) in [4.78, 5) is 16.5. The van der Waals surface area contributed by atoms with Crippen LogP contribution in [0.4, 0.5) is 5.69 Å². The molecule has 0 spiro atoms. The Morgan fingerprint density at radius 2 is 1.92 bits per heavy atom. The zero-order valence-electron chi connectivity index (χ0n) is 15.3. The summed E-state index contributed by atoms with van der Waals surface area (Å²) in [6.07, 6.45) is 0.704. The fourth-order valence-corrected chi connectivity index (χ4v) is 2.65. The quantitative estimate of drug-likeness (QED) is 0.698. The second-order valence-electron chi connectivity index (χ2n) is 6.71. The van der Waals surface area contributed by atoms with E-state index in [4.69, 9.17) is 4.52 Å². The normalized spacial score (nSPS) is 10.9. The van der Waals surface area contributed by atoms with Crippen molar-refractivity contribution in [1.82, 2.24) is 10.1 Å². The first-order valence-electron chi connectivity index (χ1n) is 8.80. The lowest BCUT2D eigenvalue weighted by atomic mass is 10.0. The molecule has 0 bridgehead atoms. The van der Waals surface area contributed by atoms with Gasteiger partial charge in [-0.3, -0.25) is 4.79 Å². The van der Waals surface area contributed by atoms with Crippen LogP contribution in [-0.2, 0) is 11.2 Å². The third-order valence-electron chi connectivity index (χ3n) is 4.17. The summed E-state index contributed by atoms with van der Waals surface area (Å²) >= 11 is 0. The first kappa shape index (κ1) is 17.9. The number of anilines is 1. The summed E-state index contributed by atoms with van der Waals surface area (Å²) in [6.45, 7) is 6.30. The Morgan fingerprint density at radius 3 is 2.62 bits per heavy atom. The Bertz CT molecular complexity index is 882. The van der Waals surface area contributed by atoms with Crippen molar-refractivity contribution < 1.29 is 9.32 Å². The van der Waals surface area contributed by atoms with E-state index in [1.54, 1.807) is 0 Å². The van der Waals surface area contributed by atoms with E-state index in [0.29, 0.717) is 30.5 Å². The van der Waals surface area contributed by atoms with E-state index in [-0.39, 0.29) is 5.91 Å². The standard InChI is InChI=1S/C21H23N3O2/c1-14(2)16-7-9-18(10-8-16)22-19(25)11-12-20-23-21(24-26-20)17-6-4-5-15(3)13-17/h4-10,13-14H,11-12H2,1-3H3,(H,22,25). The minimum absolute atomic E-state index is 0.0717. The number of carbonyl (C=O) groups excluding carboxylic acids is 1. The number of aryl methyl sites for hydroxylation is 2. The van der Waals surface area contributed by atoms with Gasteiger partial charge in [0, 0.05) is 24.1 Å². The highest BCUT2D eigenvalue weighted by atomic mass is 16.5. The molecule has 0 saturated heterocycles. The molecule has 1 heterocycles. The van der Waals surface area contributed by atoms with E-state index in [1.165, 1.54) is 5.56 Å². The van der Waals surface area contributed by atoms with E-state index in [2.05, 4.69) is 29.3 Å². The lowest BCUT2D eigenvalue weighted by molar-refractivity contribution is -0.116. The number of aromatic nitrogens is 2. The number of rotatable bonds is 6. The van der Waals surface area contributed by atoms with Crippen LogP contribution in [0.1, 0.15) is 43.2 Å². The van der Waals surface area contributed by atoms with Crippen LogP contribution in [0.5, 0.6) is 0 Å². The second-order valence-corrected chi connectivity index (χ2v) is 6.71. The molecule has 0 saturated carbocycles. The molecule has 134 valence electrons. The van der Waals surface area contributed by atoms with Crippen LogP contribution in [0.3, 0.4) is 0 Å². The number of amides is 1. The molecule has 5 heteroatoms. The van der Waals surface area contributed by atoms with Gasteiger partial charge in [0.05, 0.1) is 0 Å². The van der Waals surface area contributed by atoms with Gasteiger partial charge in [0.15, 0.2) is 0 Å². The Kier molecular flexibility index (Phi) is 5.46. The molecule has 0 radical (unpaired) electrons. The highest BCUT2D eigenvalue weighted by Crippen LogP contribution is 2.19. The summed E-state index contributed by atoms with van der Waals surface area (Å²) in [5, 5.41) is 6.89. The zero-order valence-corrected chi connectivity index (χ0v) is 15.3. The van der Waals surface area contributed by atoms with Gasteiger partial charge in [0.25, 0.3) is 0 Å². The monoisotopic (exact) mass is 349 g/mol. The predicted octanol–water partition coefficient (Wildman–Crippen LogP) is 4.74. The molecule has 0 aliphatic heterocycles. The first-order chi connectivity index (χ1) is 12.5. The van der Waals surface area contributed by atoms with Crippen molar-refractivity contribution in [2.75, 3.05) is 5.32 Å². The number of benzene rings is 2. The maximum Gasteiger partial charge on any atom is 0.227 e. The van der Waals surface area contributed by atoms with Gasteiger partial charge in [-0.15, -0.1) is 0 Å².